The second-order valence-corrected chi connectivity index (χ2v) is 10.9. The van der Waals surface area contributed by atoms with Crippen LogP contribution in [-0.2, 0) is 33.7 Å². The topological polar surface area (TPSA) is 78.9 Å². The molecule has 3 aliphatic rings. The summed E-state index contributed by atoms with van der Waals surface area (Å²) in [5, 5.41) is 2.14. The van der Waals surface area contributed by atoms with Gasteiger partial charge in [0.2, 0.25) is 11.8 Å². The molecule has 178 valence electrons. The zero-order chi connectivity index (χ0) is 22.8. The van der Waals surface area contributed by atoms with Gasteiger partial charge in [-0.25, -0.2) is 9.97 Å². The molecule has 2 amide bonds. The predicted molar refractivity (Wildman–Crippen MR) is 130 cm³/mol. The highest BCUT2D eigenvalue weighted by Gasteiger charge is 2.25. The number of ether oxygens (including phenoxy) is 1. The van der Waals surface area contributed by atoms with Crippen molar-refractivity contribution in [1.82, 2.24) is 24.7 Å². The molecule has 8 nitrogen and oxygen atoms in total. The smallest absolute Gasteiger partial charge is 0.233 e. The van der Waals surface area contributed by atoms with Crippen LogP contribution >= 0.6 is 23.1 Å². The number of morpholine rings is 1. The molecular formula is C23H31N5O3S2. The zero-order valence-electron chi connectivity index (χ0n) is 19.2. The van der Waals surface area contributed by atoms with Gasteiger partial charge in [0.25, 0.3) is 0 Å². The highest BCUT2D eigenvalue weighted by molar-refractivity contribution is 8.00. The molecule has 2 aliphatic heterocycles. The normalized spacial score (nSPS) is 19.7. The Morgan fingerprint density at radius 1 is 1.00 bits per heavy atom. The Hall–Kier alpha value is -1.75. The Kier molecular flexibility index (Phi) is 7.15. The number of hydrogen-bond acceptors (Lipinski definition) is 8. The van der Waals surface area contributed by atoms with Crippen molar-refractivity contribution in [2.75, 3.05) is 58.2 Å². The van der Waals surface area contributed by atoms with E-state index in [4.69, 9.17) is 14.7 Å². The third-order valence-electron chi connectivity index (χ3n) is 6.71. The van der Waals surface area contributed by atoms with E-state index in [2.05, 4.69) is 4.90 Å². The molecule has 0 spiro atoms. The molecule has 0 aromatic carbocycles. The Bertz CT molecular complexity index is 1030. The lowest BCUT2D eigenvalue weighted by Gasteiger charge is -2.34. The van der Waals surface area contributed by atoms with Gasteiger partial charge in [-0.2, -0.15) is 0 Å². The van der Waals surface area contributed by atoms with Crippen molar-refractivity contribution >= 4 is 45.1 Å². The molecule has 2 aromatic rings. The van der Waals surface area contributed by atoms with E-state index in [0.29, 0.717) is 31.9 Å². The quantitative estimate of drug-likeness (QED) is 0.471. The molecule has 33 heavy (non-hydrogen) atoms. The van der Waals surface area contributed by atoms with Crippen molar-refractivity contribution in [3.8, 4) is 0 Å². The number of rotatable bonds is 5. The van der Waals surface area contributed by atoms with Gasteiger partial charge in [-0.3, -0.25) is 14.5 Å². The number of carbonyl (C=O) groups is 2. The van der Waals surface area contributed by atoms with Crippen molar-refractivity contribution in [3.05, 3.63) is 16.3 Å². The first kappa shape index (κ1) is 23.0. The monoisotopic (exact) mass is 489 g/mol. The van der Waals surface area contributed by atoms with Gasteiger partial charge in [-0.1, -0.05) is 11.8 Å². The van der Waals surface area contributed by atoms with Crippen LogP contribution in [0.2, 0.25) is 0 Å². The summed E-state index contributed by atoms with van der Waals surface area (Å²) >= 11 is 3.37. The van der Waals surface area contributed by atoms with Gasteiger partial charge in [-0.05, 0) is 31.2 Å². The number of nitrogens with zero attached hydrogens (tertiary/aromatic N) is 5. The number of hydrogen-bond donors (Lipinski definition) is 0. The lowest BCUT2D eigenvalue weighted by molar-refractivity contribution is -0.136. The predicted octanol–water partition coefficient (Wildman–Crippen LogP) is 2.19. The molecular weight excluding hydrogens is 458 g/mol. The van der Waals surface area contributed by atoms with Crippen molar-refractivity contribution < 1.29 is 14.3 Å². The molecule has 5 rings (SSSR count). The standard InChI is InChI=1S/C23H31N5O3S2/c1-16(29)27-6-8-28(9-7-27)20(30)15-32-22-21-17-4-2-3-5-18(17)33-23(21)25-19(24-22)14-26-10-12-31-13-11-26/h2-15H2,1H3. The molecule has 2 aromatic heterocycles. The summed E-state index contributed by atoms with van der Waals surface area (Å²) in [7, 11) is 0. The highest BCUT2D eigenvalue weighted by Crippen LogP contribution is 2.39. The van der Waals surface area contributed by atoms with Crippen molar-refractivity contribution in [2.45, 2.75) is 44.2 Å². The third-order valence-corrected chi connectivity index (χ3v) is 8.85. The lowest BCUT2D eigenvalue weighted by Crippen LogP contribution is -2.50. The van der Waals surface area contributed by atoms with E-state index in [1.807, 2.05) is 16.2 Å². The van der Waals surface area contributed by atoms with E-state index in [1.54, 1.807) is 23.6 Å². The van der Waals surface area contributed by atoms with Gasteiger partial charge >= 0.3 is 0 Å². The minimum absolute atomic E-state index is 0.0786. The van der Waals surface area contributed by atoms with E-state index in [0.717, 1.165) is 61.4 Å². The number of aryl methyl sites for hydroxylation is 2. The molecule has 0 radical (unpaired) electrons. The Balaban J connectivity index is 1.34. The second-order valence-electron chi connectivity index (χ2n) is 8.90. The van der Waals surface area contributed by atoms with Crippen LogP contribution in [0.4, 0.5) is 0 Å². The van der Waals surface area contributed by atoms with Crippen molar-refractivity contribution in [3.63, 3.8) is 0 Å². The summed E-state index contributed by atoms with van der Waals surface area (Å²) in [4.78, 5) is 43.0. The number of carbonyl (C=O) groups excluding carboxylic acids is 2. The molecule has 10 heteroatoms. The fourth-order valence-electron chi connectivity index (χ4n) is 4.79. The summed E-state index contributed by atoms with van der Waals surface area (Å²) < 4.78 is 5.48. The average molecular weight is 490 g/mol. The molecule has 0 unspecified atom stereocenters. The molecule has 1 aliphatic carbocycles. The third kappa shape index (κ3) is 5.18. The van der Waals surface area contributed by atoms with Crippen LogP contribution in [0, 0.1) is 0 Å². The van der Waals surface area contributed by atoms with Crippen LogP contribution in [0.1, 0.15) is 36.0 Å². The molecule has 0 saturated carbocycles. The van der Waals surface area contributed by atoms with Crippen LogP contribution in [0.15, 0.2) is 5.03 Å². The summed E-state index contributed by atoms with van der Waals surface area (Å²) in [6, 6.07) is 0. The lowest BCUT2D eigenvalue weighted by atomic mass is 9.97. The van der Waals surface area contributed by atoms with Gasteiger partial charge in [-0.15, -0.1) is 11.3 Å². The highest BCUT2D eigenvalue weighted by atomic mass is 32.2. The van der Waals surface area contributed by atoms with Crippen LogP contribution in [0.5, 0.6) is 0 Å². The van der Waals surface area contributed by atoms with Gasteiger partial charge in [0.1, 0.15) is 15.7 Å². The summed E-state index contributed by atoms with van der Waals surface area (Å²) in [5.41, 5.74) is 1.41. The van der Waals surface area contributed by atoms with E-state index in [-0.39, 0.29) is 11.8 Å². The minimum Gasteiger partial charge on any atom is -0.379 e. The molecule has 2 fully saturated rings. The molecule has 0 bridgehead atoms. The summed E-state index contributed by atoms with van der Waals surface area (Å²) in [6.45, 7) is 8.05. The second kappa shape index (κ2) is 10.2. The van der Waals surface area contributed by atoms with Gasteiger partial charge in [0.05, 0.1) is 25.5 Å². The van der Waals surface area contributed by atoms with Crippen LogP contribution in [0.3, 0.4) is 0 Å². The van der Waals surface area contributed by atoms with Crippen LogP contribution < -0.4 is 0 Å². The number of aromatic nitrogens is 2. The number of fused-ring (bicyclic) bond motifs is 3. The summed E-state index contributed by atoms with van der Waals surface area (Å²) in [6.07, 6.45) is 4.65. The number of amides is 2. The zero-order valence-corrected chi connectivity index (χ0v) is 20.8. The molecule has 0 atom stereocenters. The minimum atomic E-state index is 0.0786. The Labute approximate surface area is 202 Å². The Morgan fingerprint density at radius 2 is 1.73 bits per heavy atom. The van der Waals surface area contributed by atoms with Crippen LogP contribution in [-0.4, -0.2) is 94.7 Å². The number of piperazine rings is 1. The van der Waals surface area contributed by atoms with E-state index < -0.39 is 0 Å². The van der Waals surface area contributed by atoms with E-state index >= 15 is 0 Å². The van der Waals surface area contributed by atoms with E-state index in [9.17, 15) is 9.59 Å². The number of thiophene rings is 1. The van der Waals surface area contributed by atoms with Gasteiger partial charge in [0.15, 0.2) is 0 Å². The fraction of sp³-hybridized carbons (Fsp3) is 0.652. The number of thioether (sulfide) groups is 1. The SMILES string of the molecule is CC(=O)N1CCN(C(=O)CSc2nc(CN3CCOCC3)nc3sc4c(c23)CCCC4)CC1. The largest absolute Gasteiger partial charge is 0.379 e. The molecule has 4 heterocycles. The first-order chi connectivity index (χ1) is 16.1. The maximum atomic E-state index is 13.0. The average Bonchev–Trinajstić information content (AvgIpc) is 3.21. The van der Waals surface area contributed by atoms with E-state index in [1.165, 1.54) is 28.7 Å². The van der Waals surface area contributed by atoms with Crippen molar-refractivity contribution in [1.29, 1.82) is 0 Å². The van der Waals surface area contributed by atoms with Crippen LogP contribution in [0.25, 0.3) is 10.2 Å². The first-order valence-electron chi connectivity index (χ1n) is 11.9. The first-order valence-corrected chi connectivity index (χ1v) is 13.7. The van der Waals surface area contributed by atoms with Gasteiger partial charge in [0, 0.05) is 56.5 Å². The maximum absolute atomic E-state index is 13.0. The fourth-order valence-corrected chi connectivity index (χ4v) is 7.11. The molecule has 2 saturated heterocycles. The molecule has 0 N–H and O–H groups in total. The van der Waals surface area contributed by atoms with Gasteiger partial charge < -0.3 is 14.5 Å². The van der Waals surface area contributed by atoms with Crippen molar-refractivity contribution in [2.24, 2.45) is 0 Å². The maximum Gasteiger partial charge on any atom is 0.233 e. The Morgan fingerprint density at radius 3 is 2.48 bits per heavy atom. The summed E-state index contributed by atoms with van der Waals surface area (Å²) in [5.74, 6) is 1.41.